The van der Waals surface area contributed by atoms with Crippen LogP contribution in [0.15, 0.2) is 38.8 Å². The summed E-state index contributed by atoms with van der Waals surface area (Å²) in [6, 6.07) is 6.75. The van der Waals surface area contributed by atoms with Crippen molar-refractivity contribution in [3.8, 4) is 11.5 Å². The average Bonchev–Trinajstić information content (AvgIpc) is 3.39. The number of hydrogen-bond acceptors (Lipinski definition) is 7. The smallest absolute Gasteiger partial charge is 0.276 e. The number of ether oxygens (including phenoxy) is 1. The molecule has 0 amide bonds. The maximum Gasteiger partial charge on any atom is 0.276 e. The van der Waals surface area contributed by atoms with E-state index in [1.54, 1.807) is 28.6 Å². The molecule has 0 saturated carbocycles. The molecule has 0 spiro atoms. The van der Waals surface area contributed by atoms with Gasteiger partial charge in [-0.1, -0.05) is 24.2 Å². The Kier molecular flexibility index (Phi) is 5.82. The van der Waals surface area contributed by atoms with E-state index in [0.29, 0.717) is 29.8 Å². The van der Waals surface area contributed by atoms with Gasteiger partial charge in [-0.3, -0.25) is 0 Å². The van der Waals surface area contributed by atoms with Crippen LogP contribution in [0.5, 0.6) is 0 Å². The number of thioether (sulfide) groups is 1. The molecule has 0 N–H and O–H groups in total. The predicted molar refractivity (Wildman–Crippen MR) is 102 cm³/mol. The lowest BCUT2D eigenvalue weighted by atomic mass is 10.2. The Morgan fingerprint density at radius 1 is 1.15 bits per heavy atom. The first-order chi connectivity index (χ1) is 13.1. The van der Waals surface area contributed by atoms with Crippen LogP contribution < -0.4 is 0 Å². The van der Waals surface area contributed by atoms with Crippen molar-refractivity contribution in [1.82, 2.24) is 14.5 Å². The molecule has 2 aliphatic heterocycles. The fourth-order valence-electron chi connectivity index (χ4n) is 3.37. The Balaban J connectivity index is 1.49. The van der Waals surface area contributed by atoms with Gasteiger partial charge >= 0.3 is 0 Å². The zero-order valence-corrected chi connectivity index (χ0v) is 16.7. The van der Waals surface area contributed by atoms with E-state index in [1.807, 2.05) is 0 Å². The van der Waals surface area contributed by atoms with E-state index in [4.69, 9.17) is 9.15 Å². The van der Waals surface area contributed by atoms with Crippen LogP contribution in [0.2, 0.25) is 0 Å². The summed E-state index contributed by atoms with van der Waals surface area (Å²) in [5.41, 5.74) is 0.615. The van der Waals surface area contributed by atoms with Crippen LogP contribution in [0.3, 0.4) is 0 Å². The molecule has 2 aromatic rings. The molecule has 0 radical (unpaired) electrons. The summed E-state index contributed by atoms with van der Waals surface area (Å²) < 4.78 is 38.6. The molecule has 2 fully saturated rings. The molecular weight excluding hydrogens is 386 g/mol. The van der Waals surface area contributed by atoms with Crippen molar-refractivity contribution in [2.75, 3.05) is 25.4 Å². The number of benzene rings is 1. The molecule has 1 aromatic carbocycles. The quantitative estimate of drug-likeness (QED) is 0.677. The van der Waals surface area contributed by atoms with E-state index in [-0.39, 0.29) is 11.0 Å². The fourth-order valence-corrected chi connectivity index (χ4v) is 5.76. The summed E-state index contributed by atoms with van der Waals surface area (Å²) in [5.74, 6) is 1.12. The van der Waals surface area contributed by atoms with Crippen molar-refractivity contribution in [1.29, 1.82) is 0 Å². The summed E-state index contributed by atoms with van der Waals surface area (Å²) in [5, 5.41) is 8.62. The third-order valence-electron chi connectivity index (χ3n) is 4.86. The average molecular weight is 410 g/mol. The third-order valence-corrected chi connectivity index (χ3v) is 7.70. The first kappa shape index (κ1) is 18.9. The Bertz CT molecular complexity index is 872. The van der Waals surface area contributed by atoms with E-state index >= 15 is 0 Å². The second-order valence-corrected chi connectivity index (χ2v) is 9.72. The van der Waals surface area contributed by atoms with E-state index in [0.717, 1.165) is 44.5 Å². The summed E-state index contributed by atoms with van der Waals surface area (Å²) in [4.78, 5) is 0.272. The van der Waals surface area contributed by atoms with Crippen LogP contribution in [0.25, 0.3) is 11.5 Å². The van der Waals surface area contributed by atoms with Crippen LogP contribution >= 0.6 is 11.8 Å². The first-order valence-electron chi connectivity index (χ1n) is 9.31. The lowest BCUT2D eigenvalue weighted by molar-refractivity contribution is 0.128. The highest BCUT2D eigenvalue weighted by Crippen LogP contribution is 2.28. The Morgan fingerprint density at radius 2 is 2.00 bits per heavy atom. The highest BCUT2D eigenvalue weighted by molar-refractivity contribution is 7.99. The van der Waals surface area contributed by atoms with Gasteiger partial charge in [-0.2, -0.15) is 4.31 Å². The van der Waals surface area contributed by atoms with Crippen molar-refractivity contribution in [3.05, 3.63) is 24.3 Å². The van der Waals surface area contributed by atoms with Gasteiger partial charge in [0.15, 0.2) is 0 Å². The van der Waals surface area contributed by atoms with Gasteiger partial charge in [0.1, 0.15) is 0 Å². The minimum absolute atomic E-state index is 0.239. The number of aromatic nitrogens is 2. The molecule has 9 heteroatoms. The van der Waals surface area contributed by atoms with Crippen LogP contribution in [0.4, 0.5) is 0 Å². The lowest BCUT2D eigenvalue weighted by Crippen LogP contribution is -2.35. The molecule has 27 heavy (non-hydrogen) atoms. The van der Waals surface area contributed by atoms with E-state index in [2.05, 4.69) is 10.2 Å². The molecule has 2 aliphatic rings. The highest BCUT2D eigenvalue weighted by Gasteiger charge is 2.26. The monoisotopic (exact) mass is 409 g/mol. The topological polar surface area (TPSA) is 85.5 Å². The van der Waals surface area contributed by atoms with Gasteiger partial charge in [-0.05, 0) is 43.9 Å². The summed E-state index contributed by atoms with van der Waals surface area (Å²) in [7, 11) is -3.49. The van der Waals surface area contributed by atoms with E-state index in [9.17, 15) is 8.42 Å². The summed E-state index contributed by atoms with van der Waals surface area (Å²) >= 11 is 1.47. The third kappa shape index (κ3) is 4.37. The molecule has 4 rings (SSSR count). The predicted octanol–water partition coefficient (Wildman–Crippen LogP) is 3.18. The fraction of sp³-hybridized carbons (Fsp3) is 0.556. The van der Waals surface area contributed by atoms with Crippen LogP contribution in [-0.4, -0.2) is 54.5 Å². The van der Waals surface area contributed by atoms with Gasteiger partial charge in [-0.15, -0.1) is 10.2 Å². The second kappa shape index (κ2) is 8.30. The minimum atomic E-state index is -3.49. The molecule has 1 atom stereocenters. The van der Waals surface area contributed by atoms with Crippen molar-refractivity contribution in [2.45, 2.75) is 48.3 Å². The number of rotatable bonds is 6. The Hall–Kier alpha value is -1.42. The van der Waals surface area contributed by atoms with E-state index in [1.165, 1.54) is 11.8 Å². The zero-order chi connectivity index (χ0) is 18.7. The molecule has 7 nitrogen and oxygen atoms in total. The van der Waals surface area contributed by atoms with Crippen molar-refractivity contribution in [2.24, 2.45) is 0 Å². The Morgan fingerprint density at radius 3 is 2.78 bits per heavy atom. The van der Waals surface area contributed by atoms with Crippen molar-refractivity contribution < 1.29 is 17.6 Å². The number of sulfonamides is 1. The number of nitrogens with zero attached hydrogens (tertiary/aromatic N) is 3. The van der Waals surface area contributed by atoms with Gasteiger partial charge in [0, 0.05) is 31.0 Å². The largest absolute Gasteiger partial charge is 0.411 e. The summed E-state index contributed by atoms with van der Waals surface area (Å²) in [6.07, 6.45) is 5.30. The molecule has 3 heterocycles. The molecule has 1 unspecified atom stereocenters. The Labute approximate surface area is 163 Å². The molecular formula is C18H23N3O4S2. The van der Waals surface area contributed by atoms with Gasteiger partial charge in [-0.25, -0.2) is 8.42 Å². The highest BCUT2D eigenvalue weighted by atomic mass is 32.2. The van der Waals surface area contributed by atoms with Gasteiger partial charge in [0.05, 0.1) is 11.0 Å². The SMILES string of the molecule is O=S(=O)(c1cccc(-c2nnc(SCC3CCCO3)o2)c1)N1CCCCC1. The molecule has 0 aliphatic carbocycles. The molecule has 1 aromatic heterocycles. The van der Waals surface area contributed by atoms with Gasteiger partial charge in [0.2, 0.25) is 15.9 Å². The first-order valence-corrected chi connectivity index (χ1v) is 11.7. The van der Waals surface area contributed by atoms with Gasteiger partial charge < -0.3 is 9.15 Å². The van der Waals surface area contributed by atoms with Crippen molar-refractivity contribution in [3.63, 3.8) is 0 Å². The second-order valence-electron chi connectivity index (χ2n) is 6.81. The number of piperidine rings is 1. The standard InChI is InChI=1S/C18H23N3O4S2/c22-27(23,21-9-2-1-3-10-21)16-8-4-6-14(12-16)17-19-20-18(25-17)26-13-15-7-5-11-24-15/h4,6,8,12,15H,1-3,5,7,9-11,13H2. The lowest BCUT2D eigenvalue weighted by Gasteiger charge is -2.25. The van der Waals surface area contributed by atoms with Crippen LogP contribution in [0, 0.1) is 0 Å². The number of hydrogen-bond donors (Lipinski definition) is 0. The maximum atomic E-state index is 12.9. The van der Waals surface area contributed by atoms with Crippen molar-refractivity contribution >= 4 is 21.8 Å². The van der Waals surface area contributed by atoms with Crippen LogP contribution in [-0.2, 0) is 14.8 Å². The molecule has 0 bridgehead atoms. The van der Waals surface area contributed by atoms with Gasteiger partial charge in [0.25, 0.3) is 5.22 Å². The summed E-state index contributed by atoms with van der Waals surface area (Å²) in [6.45, 7) is 1.98. The maximum absolute atomic E-state index is 12.9. The van der Waals surface area contributed by atoms with Crippen LogP contribution in [0.1, 0.15) is 32.1 Å². The normalized spacial score (nSPS) is 21.6. The van der Waals surface area contributed by atoms with E-state index < -0.39 is 10.0 Å². The minimum Gasteiger partial charge on any atom is -0.411 e. The molecule has 146 valence electrons. The zero-order valence-electron chi connectivity index (χ0n) is 15.0. The molecule has 2 saturated heterocycles.